The molecular weight excluding hydrogens is 354 g/mol. The summed E-state index contributed by atoms with van der Waals surface area (Å²) in [5, 5.41) is 14.7. The van der Waals surface area contributed by atoms with Crippen molar-refractivity contribution >= 4 is 24.6 Å². The summed E-state index contributed by atoms with van der Waals surface area (Å²) in [5.41, 5.74) is 0. The summed E-state index contributed by atoms with van der Waals surface area (Å²) in [4.78, 5) is 11.3. The van der Waals surface area contributed by atoms with Gasteiger partial charge in [-0.2, -0.15) is 0 Å². The van der Waals surface area contributed by atoms with Crippen LogP contribution >= 0.6 is 0 Å². The summed E-state index contributed by atoms with van der Waals surface area (Å²) in [6.07, 6.45) is 0.570. The first-order chi connectivity index (χ1) is 12.8. The van der Waals surface area contributed by atoms with Crippen molar-refractivity contribution in [3.63, 3.8) is 0 Å². The van der Waals surface area contributed by atoms with Crippen molar-refractivity contribution in [1.29, 1.82) is 0 Å². The van der Waals surface area contributed by atoms with E-state index in [0.29, 0.717) is 13.0 Å². The number of benzene rings is 2. The van der Waals surface area contributed by atoms with Crippen molar-refractivity contribution in [1.82, 2.24) is 5.32 Å². The third-order valence-electron chi connectivity index (χ3n) is 4.83. The van der Waals surface area contributed by atoms with Gasteiger partial charge >= 0.3 is 0 Å². The van der Waals surface area contributed by atoms with Gasteiger partial charge < -0.3 is 14.8 Å². The molecule has 2 rings (SSSR count). The van der Waals surface area contributed by atoms with Gasteiger partial charge in [0.05, 0.1) is 12.6 Å². The van der Waals surface area contributed by atoms with Crippen LogP contribution in [0.3, 0.4) is 0 Å². The minimum Gasteiger partial charge on any atom is -0.407 e. The van der Waals surface area contributed by atoms with Crippen LogP contribution in [0, 0.1) is 0 Å². The van der Waals surface area contributed by atoms with Crippen LogP contribution in [0.15, 0.2) is 60.7 Å². The van der Waals surface area contributed by atoms with E-state index in [-0.39, 0.29) is 23.6 Å². The molecular formula is C22H31NO3Si. The van der Waals surface area contributed by atoms with Crippen LogP contribution in [-0.4, -0.2) is 38.6 Å². The Labute approximate surface area is 163 Å². The molecule has 1 atom stereocenters. The van der Waals surface area contributed by atoms with E-state index < -0.39 is 8.32 Å². The van der Waals surface area contributed by atoms with Gasteiger partial charge in [-0.3, -0.25) is 4.79 Å². The van der Waals surface area contributed by atoms with Crippen molar-refractivity contribution in [2.45, 2.75) is 45.2 Å². The molecule has 0 aliphatic carbocycles. The maximum Gasteiger partial charge on any atom is 0.261 e. The minimum atomic E-state index is -2.56. The van der Waals surface area contributed by atoms with Crippen LogP contribution in [-0.2, 0) is 9.22 Å². The first-order valence-corrected chi connectivity index (χ1v) is 11.3. The Hall–Kier alpha value is -1.95. The maximum atomic E-state index is 11.3. The third-order valence-corrected chi connectivity index (χ3v) is 9.87. The van der Waals surface area contributed by atoms with Crippen molar-refractivity contribution in [2.24, 2.45) is 0 Å². The van der Waals surface area contributed by atoms with Gasteiger partial charge in [0.2, 0.25) is 5.91 Å². The second-order valence-electron chi connectivity index (χ2n) is 7.88. The zero-order chi connectivity index (χ0) is 19.9. The number of carbonyl (C=O) groups excluding carboxylic acids is 1. The van der Waals surface area contributed by atoms with Gasteiger partial charge in [-0.1, -0.05) is 81.4 Å². The summed E-state index contributed by atoms with van der Waals surface area (Å²) < 4.78 is 6.76. The van der Waals surface area contributed by atoms with E-state index >= 15 is 0 Å². The summed E-state index contributed by atoms with van der Waals surface area (Å²) >= 11 is 0. The van der Waals surface area contributed by atoms with Crippen molar-refractivity contribution in [2.75, 3.05) is 13.2 Å². The fourth-order valence-corrected chi connectivity index (χ4v) is 8.19. The molecule has 146 valence electrons. The monoisotopic (exact) mass is 385 g/mol. The Morgan fingerprint density at radius 1 is 1.04 bits per heavy atom. The molecule has 2 N–H and O–H groups in total. The predicted molar refractivity (Wildman–Crippen MR) is 113 cm³/mol. The number of hydrogen-bond donors (Lipinski definition) is 2. The molecule has 0 bridgehead atoms. The van der Waals surface area contributed by atoms with E-state index in [1.807, 2.05) is 12.1 Å². The molecule has 2 aromatic rings. The van der Waals surface area contributed by atoms with E-state index in [0.717, 1.165) is 0 Å². The molecule has 1 amide bonds. The van der Waals surface area contributed by atoms with E-state index in [4.69, 9.17) is 4.43 Å². The van der Waals surface area contributed by atoms with Gasteiger partial charge in [-0.25, -0.2) is 0 Å². The molecule has 0 aliphatic heterocycles. The molecule has 0 heterocycles. The number of hydrogen-bond acceptors (Lipinski definition) is 3. The maximum absolute atomic E-state index is 11.3. The Balaban J connectivity index is 2.39. The fraction of sp³-hybridized carbons (Fsp3) is 0.409. The largest absolute Gasteiger partial charge is 0.407 e. The molecule has 0 saturated heterocycles. The van der Waals surface area contributed by atoms with Crippen LogP contribution < -0.4 is 15.7 Å². The van der Waals surface area contributed by atoms with Crippen LogP contribution in [0.2, 0.25) is 5.04 Å². The van der Waals surface area contributed by atoms with Gasteiger partial charge in [-0.05, 0) is 21.8 Å². The number of aliphatic hydroxyl groups is 1. The quantitative estimate of drug-likeness (QED) is 0.686. The molecule has 5 heteroatoms. The van der Waals surface area contributed by atoms with Crippen LogP contribution in [0.1, 0.15) is 34.1 Å². The van der Waals surface area contributed by atoms with Crippen molar-refractivity contribution in [3.05, 3.63) is 60.7 Å². The van der Waals surface area contributed by atoms with Crippen LogP contribution in [0.5, 0.6) is 0 Å². The Morgan fingerprint density at radius 2 is 1.52 bits per heavy atom. The first kappa shape index (κ1) is 21.3. The van der Waals surface area contributed by atoms with Gasteiger partial charge in [0.15, 0.2) is 0 Å². The number of amides is 1. The van der Waals surface area contributed by atoms with Crippen molar-refractivity contribution in [3.8, 4) is 0 Å². The Kier molecular flexibility index (Phi) is 7.36. The topological polar surface area (TPSA) is 58.6 Å². The molecule has 4 nitrogen and oxygen atoms in total. The SMILES string of the molecule is CC(=O)N[C@@H](CO)CCO[Si](c1ccccc1)(c1ccccc1)C(C)(C)C. The molecule has 0 saturated carbocycles. The van der Waals surface area contributed by atoms with Crippen LogP contribution in [0.4, 0.5) is 0 Å². The highest BCUT2D eigenvalue weighted by Crippen LogP contribution is 2.36. The van der Waals surface area contributed by atoms with Gasteiger partial charge in [0.1, 0.15) is 0 Å². The second-order valence-corrected chi connectivity index (χ2v) is 12.2. The zero-order valence-electron chi connectivity index (χ0n) is 16.7. The lowest BCUT2D eigenvalue weighted by molar-refractivity contribution is -0.120. The lowest BCUT2D eigenvalue weighted by Gasteiger charge is -2.43. The van der Waals surface area contributed by atoms with Gasteiger partial charge in [0, 0.05) is 13.5 Å². The van der Waals surface area contributed by atoms with Crippen LogP contribution in [0.25, 0.3) is 0 Å². The molecule has 27 heavy (non-hydrogen) atoms. The summed E-state index contributed by atoms with van der Waals surface area (Å²) in [6.45, 7) is 8.54. The van der Waals surface area contributed by atoms with E-state index in [2.05, 4.69) is 74.6 Å². The van der Waals surface area contributed by atoms with Crippen molar-refractivity contribution < 1.29 is 14.3 Å². The normalized spacial score (nSPS) is 13.2. The lowest BCUT2D eigenvalue weighted by Crippen LogP contribution is -2.66. The number of rotatable bonds is 8. The number of nitrogens with one attached hydrogen (secondary N) is 1. The smallest absolute Gasteiger partial charge is 0.261 e. The average Bonchev–Trinajstić information content (AvgIpc) is 2.64. The summed E-state index contributed by atoms with van der Waals surface area (Å²) in [6, 6.07) is 20.6. The molecule has 0 radical (unpaired) electrons. The fourth-order valence-electron chi connectivity index (χ4n) is 3.61. The van der Waals surface area contributed by atoms with Gasteiger partial charge in [-0.15, -0.1) is 0 Å². The number of aliphatic hydroxyl groups excluding tert-OH is 1. The van der Waals surface area contributed by atoms with Gasteiger partial charge in [0.25, 0.3) is 8.32 Å². The number of carbonyl (C=O) groups is 1. The summed E-state index contributed by atoms with van der Waals surface area (Å²) in [5.74, 6) is -0.139. The van der Waals surface area contributed by atoms with E-state index in [9.17, 15) is 9.90 Å². The molecule has 0 unspecified atom stereocenters. The second kappa shape index (κ2) is 9.31. The molecule has 0 aliphatic rings. The third kappa shape index (κ3) is 5.06. The average molecular weight is 386 g/mol. The molecule has 0 fully saturated rings. The molecule has 2 aromatic carbocycles. The highest BCUT2D eigenvalue weighted by Gasteiger charge is 2.50. The summed E-state index contributed by atoms with van der Waals surface area (Å²) in [7, 11) is -2.56. The van der Waals surface area contributed by atoms with E-state index in [1.165, 1.54) is 17.3 Å². The molecule has 0 aromatic heterocycles. The Morgan fingerprint density at radius 3 is 1.89 bits per heavy atom. The standard InChI is InChI=1S/C22H31NO3Si/c1-18(25)23-19(17-24)15-16-26-27(22(2,3)4,20-11-7-5-8-12-20)21-13-9-6-10-14-21/h5-14,19,24H,15-17H2,1-4H3,(H,23,25)/t19-/m1/s1. The predicted octanol–water partition coefficient (Wildman–Crippen LogP) is 2.45. The van der Waals surface area contributed by atoms with E-state index in [1.54, 1.807) is 0 Å². The molecule has 0 spiro atoms. The first-order valence-electron chi connectivity index (χ1n) is 9.44. The highest BCUT2D eigenvalue weighted by atomic mass is 28.4. The highest BCUT2D eigenvalue weighted by molar-refractivity contribution is 6.99. The lowest BCUT2D eigenvalue weighted by atomic mass is 10.2. The zero-order valence-corrected chi connectivity index (χ0v) is 17.7. The Bertz CT molecular complexity index is 674. The minimum absolute atomic E-state index is 0.0849.